The molecule has 1 N–H and O–H groups in total. The van der Waals surface area contributed by atoms with Crippen molar-refractivity contribution < 1.29 is 22.7 Å². The Morgan fingerprint density at radius 1 is 1.16 bits per heavy atom. The maximum absolute atomic E-state index is 12.7. The first-order valence-corrected chi connectivity index (χ1v) is 7.99. The highest BCUT2D eigenvalue weighted by Gasteiger charge is 2.30. The molecule has 2 rings (SSSR count). The van der Waals surface area contributed by atoms with Gasteiger partial charge in [-0.2, -0.15) is 13.2 Å². The molecule has 2 aromatic carbocycles. The van der Waals surface area contributed by atoms with E-state index in [1.165, 1.54) is 12.1 Å². The molecule has 0 saturated heterocycles. The molecule has 2 aromatic rings. The molecule has 0 unspecified atom stereocenters. The Balaban J connectivity index is 1.96. The van der Waals surface area contributed by atoms with Crippen LogP contribution >= 0.6 is 0 Å². The van der Waals surface area contributed by atoms with Crippen molar-refractivity contribution in [2.45, 2.75) is 39.1 Å². The number of nitrogens with one attached hydrogen (secondary N) is 1. The number of carbonyl (C=O) groups is 1. The number of aryl methyl sites for hydroxylation is 1. The molecule has 0 aliphatic heterocycles. The van der Waals surface area contributed by atoms with Crippen molar-refractivity contribution in [3.05, 3.63) is 65.2 Å². The van der Waals surface area contributed by atoms with Gasteiger partial charge >= 0.3 is 6.18 Å². The van der Waals surface area contributed by atoms with Crippen molar-refractivity contribution in [3.63, 3.8) is 0 Å². The van der Waals surface area contributed by atoms with Crippen LogP contribution in [0, 0.1) is 0 Å². The number of para-hydroxylation sites is 1. The van der Waals surface area contributed by atoms with Gasteiger partial charge in [-0.1, -0.05) is 37.3 Å². The minimum absolute atomic E-state index is 0.00583. The molecule has 1 atom stereocenters. The number of halogens is 3. The van der Waals surface area contributed by atoms with Gasteiger partial charge in [0.15, 0.2) is 6.10 Å². The highest BCUT2D eigenvalue weighted by molar-refractivity contribution is 5.80. The van der Waals surface area contributed by atoms with Gasteiger partial charge in [0, 0.05) is 6.54 Å². The monoisotopic (exact) mass is 351 g/mol. The summed E-state index contributed by atoms with van der Waals surface area (Å²) in [5.74, 6) is 0.245. The smallest absolute Gasteiger partial charge is 0.416 e. The van der Waals surface area contributed by atoms with Gasteiger partial charge in [-0.3, -0.25) is 4.79 Å². The van der Waals surface area contributed by atoms with Gasteiger partial charge in [-0.05, 0) is 42.7 Å². The van der Waals surface area contributed by atoms with Gasteiger partial charge in [0.05, 0.1) is 5.56 Å². The first-order chi connectivity index (χ1) is 11.8. The number of ether oxygens (including phenoxy) is 1. The molecule has 0 saturated carbocycles. The zero-order valence-electron chi connectivity index (χ0n) is 14.1. The zero-order chi connectivity index (χ0) is 18.4. The molecule has 0 aromatic heterocycles. The number of alkyl halides is 3. The normalized spacial score (nSPS) is 12.5. The van der Waals surface area contributed by atoms with Crippen LogP contribution in [0.25, 0.3) is 0 Å². The van der Waals surface area contributed by atoms with Crippen LogP contribution in [-0.2, 0) is 23.9 Å². The van der Waals surface area contributed by atoms with Crippen LogP contribution < -0.4 is 10.1 Å². The van der Waals surface area contributed by atoms with E-state index in [4.69, 9.17) is 4.74 Å². The second-order valence-electron chi connectivity index (χ2n) is 5.64. The minimum atomic E-state index is -4.40. The standard InChI is InChI=1S/C19H20F3NO2/c1-3-15-8-4-5-10-17(15)25-13(2)18(24)23-12-14-7-6-9-16(11-14)19(20,21)22/h4-11,13H,3,12H2,1-2H3,(H,23,24)/t13-/m0/s1. The number of hydrogen-bond donors (Lipinski definition) is 1. The van der Waals surface area contributed by atoms with Gasteiger partial charge in [0.1, 0.15) is 5.75 Å². The fraction of sp³-hybridized carbons (Fsp3) is 0.316. The number of carbonyl (C=O) groups excluding carboxylic acids is 1. The van der Waals surface area contributed by atoms with E-state index < -0.39 is 17.8 Å². The summed E-state index contributed by atoms with van der Waals surface area (Å²) in [5.41, 5.74) is 0.629. The number of rotatable bonds is 6. The molecule has 3 nitrogen and oxygen atoms in total. The maximum Gasteiger partial charge on any atom is 0.416 e. The number of amides is 1. The summed E-state index contributed by atoms with van der Waals surface area (Å²) >= 11 is 0. The van der Waals surface area contributed by atoms with Crippen LogP contribution in [-0.4, -0.2) is 12.0 Å². The summed E-state index contributed by atoms with van der Waals surface area (Å²) in [6, 6.07) is 12.3. The third-order valence-electron chi connectivity index (χ3n) is 3.75. The predicted octanol–water partition coefficient (Wildman–Crippen LogP) is 4.35. The largest absolute Gasteiger partial charge is 0.481 e. The van der Waals surface area contributed by atoms with Gasteiger partial charge < -0.3 is 10.1 Å². The predicted molar refractivity (Wildman–Crippen MR) is 89.2 cm³/mol. The van der Waals surface area contributed by atoms with Crippen molar-refractivity contribution in [2.24, 2.45) is 0 Å². The van der Waals surface area contributed by atoms with E-state index in [9.17, 15) is 18.0 Å². The molecule has 1 amide bonds. The average molecular weight is 351 g/mol. The van der Waals surface area contributed by atoms with Crippen LogP contribution in [0.3, 0.4) is 0 Å². The highest BCUT2D eigenvalue weighted by Crippen LogP contribution is 2.29. The van der Waals surface area contributed by atoms with Gasteiger partial charge in [0.2, 0.25) is 0 Å². The molecule has 0 fully saturated rings. The molecule has 25 heavy (non-hydrogen) atoms. The Morgan fingerprint density at radius 3 is 2.56 bits per heavy atom. The van der Waals surface area contributed by atoms with Crippen molar-refractivity contribution in [2.75, 3.05) is 0 Å². The Hall–Kier alpha value is -2.50. The van der Waals surface area contributed by atoms with Crippen molar-refractivity contribution >= 4 is 5.91 Å². The first kappa shape index (κ1) is 18.8. The number of hydrogen-bond acceptors (Lipinski definition) is 2. The summed E-state index contributed by atoms with van der Waals surface area (Å²) < 4.78 is 43.8. The Kier molecular flexibility index (Phi) is 6.07. The fourth-order valence-electron chi connectivity index (χ4n) is 2.35. The average Bonchev–Trinajstić information content (AvgIpc) is 2.59. The van der Waals surface area contributed by atoms with E-state index in [0.29, 0.717) is 11.3 Å². The second-order valence-corrected chi connectivity index (χ2v) is 5.64. The molecular formula is C19H20F3NO2. The third-order valence-corrected chi connectivity index (χ3v) is 3.75. The summed E-state index contributed by atoms with van der Waals surface area (Å²) in [6.07, 6.45) is -4.38. The molecule has 6 heteroatoms. The lowest BCUT2D eigenvalue weighted by Gasteiger charge is -2.17. The van der Waals surface area contributed by atoms with Crippen LogP contribution in [0.4, 0.5) is 13.2 Å². The summed E-state index contributed by atoms with van der Waals surface area (Å²) in [7, 11) is 0. The van der Waals surface area contributed by atoms with Gasteiger partial charge in [-0.15, -0.1) is 0 Å². The van der Waals surface area contributed by atoms with Gasteiger partial charge in [-0.25, -0.2) is 0 Å². The van der Waals surface area contributed by atoms with E-state index >= 15 is 0 Å². The fourth-order valence-corrected chi connectivity index (χ4v) is 2.35. The van der Waals surface area contributed by atoms with Crippen LogP contribution in [0.15, 0.2) is 48.5 Å². The lowest BCUT2D eigenvalue weighted by atomic mass is 10.1. The molecule has 0 aliphatic carbocycles. The third kappa shape index (κ3) is 5.24. The Bertz CT molecular complexity index is 729. The molecule has 0 spiro atoms. The molecule has 0 aliphatic rings. The molecule has 0 bridgehead atoms. The first-order valence-electron chi connectivity index (χ1n) is 7.99. The molecule has 0 radical (unpaired) electrons. The highest BCUT2D eigenvalue weighted by atomic mass is 19.4. The van der Waals surface area contributed by atoms with Crippen molar-refractivity contribution in [1.82, 2.24) is 5.32 Å². The molecule has 134 valence electrons. The Morgan fingerprint density at radius 2 is 1.88 bits per heavy atom. The summed E-state index contributed by atoms with van der Waals surface area (Å²) in [5, 5.41) is 2.60. The summed E-state index contributed by atoms with van der Waals surface area (Å²) in [4.78, 5) is 12.1. The number of benzene rings is 2. The zero-order valence-corrected chi connectivity index (χ0v) is 14.1. The van der Waals surface area contributed by atoms with Gasteiger partial charge in [0.25, 0.3) is 5.91 Å². The lowest BCUT2D eigenvalue weighted by Crippen LogP contribution is -2.36. The topological polar surface area (TPSA) is 38.3 Å². The molecular weight excluding hydrogens is 331 g/mol. The van der Waals surface area contributed by atoms with Crippen molar-refractivity contribution in [1.29, 1.82) is 0 Å². The van der Waals surface area contributed by atoms with E-state index in [-0.39, 0.29) is 12.5 Å². The summed E-state index contributed by atoms with van der Waals surface area (Å²) in [6.45, 7) is 3.60. The molecule has 0 heterocycles. The van der Waals surface area contributed by atoms with Crippen molar-refractivity contribution in [3.8, 4) is 5.75 Å². The van der Waals surface area contributed by atoms with Crippen LogP contribution in [0.1, 0.15) is 30.5 Å². The van der Waals surface area contributed by atoms with Crippen LogP contribution in [0.5, 0.6) is 5.75 Å². The maximum atomic E-state index is 12.7. The minimum Gasteiger partial charge on any atom is -0.481 e. The van der Waals surface area contributed by atoms with E-state index in [0.717, 1.165) is 24.1 Å². The second kappa shape index (κ2) is 8.05. The lowest BCUT2D eigenvalue weighted by molar-refractivity contribution is -0.137. The Labute approximate surface area is 144 Å². The van der Waals surface area contributed by atoms with E-state index in [2.05, 4.69) is 5.32 Å². The van der Waals surface area contributed by atoms with E-state index in [1.807, 2.05) is 25.1 Å². The SMILES string of the molecule is CCc1ccccc1O[C@@H](C)C(=O)NCc1cccc(C(F)(F)F)c1. The van der Waals surface area contributed by atoms with E-state index in [1.54, 1.807) is 13.0 Å². The quantitative estimate of drug-likeness (QED) is 0.840. The van der Waals surface area contributed by atoms with Crippen LogP contribution in [0.2, 0.25) is 0 Å².